The zero-order valence-electron chi connectivity index (χ0n) is 14.6. The Labute approximate surface area is 146 Å². The molecule has 0 N–H and O–H groups in total. The van der Waals surface area contributed by atoms with Crippen LogP contribution in [0.1, 0.15) is 51.5 Å². The molecule has 0 unspecified atom stereocenters. The standard InChI is InChI=1S/C15H24N.C4H9.Zn/c1-4-5-9-15(13-16(2)3)12-14-10-7-6-8-11-14;1-3-4-2;/h6-8,10-12,15H,4-5,9,13H2,1-3H3;1,3-4H2,2H3;/q2*-1;+2/t15-;;/m1../s1. The van der Waals surface area contributed by atoms with Crippen molar-refractivity contribution in [2.45, 2.75) is 46.0 Å². The first-order chi connectivity index (χ1) is 9.63. The van der Waals surface area contributed by atoms with Gasteiger partial charge in [0, 0.05) is 0 Å². The Balaban J connectivity index is 0. The summed E-state index contributed by atoms with van der Waals surface area (Å²) in [4.78, 5) is 2.28. The van der Waals surface area contributed by atoms with E-state index in [2.05, 4.69) is 76.5 Å². The molecule has 0 aromatic heterocycles. The van der Waals surface area contributed by atoms with Gasteiger partial charge in [-0.3, -0.25) is 0 Å². The van der Waals surface area contributed by atoms with E-state index in [0.29, 0.717) is 5.92 Å². The minimum Gasteiger partial charge on any atom is -0.343 e. The Morgan fingerprint density at radius 1 is 1.10 bits per heavy atom. The second kappa shape index (κ2) is 16.1. The van der Waals surface area contributed by atoms with E-state index in [1.54, 1.807) is 0 Å². The van der Waals surface area contributed by atoms with Crippen molar-refractivity contribution in [3.05, 3.63) is 49.2 Å². The van der Waals surface area contributed by atoms with E-state index in [1.807, 2.05) is 0 Å². The normalized spacial score (nSPS) is 11.1. The molecule has 0 aliphatic rings. The summed E-state index contributed by atoms with van der Waals surface area (Å²) in [7, 11) is 4.30. The molecule has 1 atom stereocenters. The maximum absolute atomic E-state index is 3.60. The second-order valence-corrected chi connectivity index (χ2v) is 5.60. The molecule has 0 bridgehead atoms. The van der Waals surface area contributed by atoms with Gasteiger partial charge in [0.05, 0.1) is 0 Å². The predicted molar refractivity (Wildman–Crippen MR) is 91.7 cm³/mol. The third-order valence-corrected chi connectivity index (χ3v) is 3.11. The van der Waals surface area contributed by atoms with Crippen LogP contribution in [0.4, 0.5) is 0 Å². The van der Waals surface area contributed by atoms with Crippen molar-refractivity contribution in [2.24, 2.45) is 5.92 Å². The zero-order chi connectivity index (χ0) is 15.2. The van der Waals surface area contributed by atoms with Gasteiger partial charge >= 0.3 is 19.5 Å². The van der Waals surface area contributed by atoms with Gasteiger partial charge in [0.15, 0.2) is 0 Å². The van der Waals surface area contributed by atoms with Gasteiger partial charge in [0.1, 0.15) is 0 Å². The first kappa shape index (κ1) is 22.9. The molecule has 1 nitrogen and oxygen atoms in total. The van der Waals surface area contributed by atoms with Gasteiger partial charge in [-0.15, -0.1) is 12.1 Å². The van der Waals surface area contributed by atoms with E-state index in [0.717, 1.165) is 13.0 Å². The first-order valence-electron chi connectivity index (χ1n) is 7.97. The SMILES string of the molecule is CCCC[C@H]([CH-]c1ccccc1)CN(C)C.[CH2-]CCC.[Zn+2]. The molecule has 0 radical (unpaired) electrons. The summed E-state index contributed by atoms with van der Waals surface area (Å²) in [6.45, 7) is 9.13. The van der Waals surface area contributed by atoms with E-state index in [9.17, 15) is 0 Å². The van der Waals surface area contributed by atoms with Crippen LogP contribution in [-0.4, -0.2) is 25.5 Å². The molecule has 0 amide bonds. The Morgan fingerprint density at radius 3 is 2.10 bits per heavy atom. The van der Waals surface area contributed by atoms with E-state index in [-0.39, 0.29) is 19.5 Å². The average Bonchev–Trinajstić information content (AvgIpc) is 2.45. The Bertz CT molecular complexity index is 296. The van der Waals surface area contributed by atoms with Crippen LogP contribution < -0.4 is 0 Å². The van der Waals surface area contributed by atoms with Crippen LogP contribution in [-0.2, 0) is 19.5 Å². The topological polar surface area (TPSA) is 3.24 Å². The molecular formula is C19H33NZn. The second-order valence-electron chi connectivity index (χ2n) is 5.60. The Morgan fingerprint density at radius 2 is 1.67 bits per heavy atom. The number of hydrogen-bond donors (Lipinski definition) is 0. The van der Waals surface area contributed by atoms with E-state index >= 15 is 0 Å². The Hall–Kier alpha value is -0.327. The van der Waals surface area contributed by atoms with E-state index in [1.165, 1.54) is 31.2 Å². The smallest absolute Gasteiger partial charge is 0.343 e. The van der Waals surface area contributed by atoms with E-state index < -0.39 is 0 Å². The van der Waals surface area contributed by atoms with Crippen LogP contribution in [0.25, 0.3) is 0 Å². The molecule has 2 heteroatoms. The maximum atomic E-state index is 3.60. The van der Waals surface area contributed by atoms with Crippen molar-refractivity contribution in [3.8, 4) is 0 Å². The largest absolute Gasteiger partial charge is 2.00 e. The molecule has 0 saturated carbocycles. The molecule has 0 spiro atoms. The maximum Gasteiger partial charge on any atom is 2.00 e. The molecule has 0 aliphatic heterocycles. The van der Waals surface area contributed by atoms with Crippen molar-refractivity contribution in [2.75, 3.05) is 20.6 Å². The predicted octanol–water partition coefficient (Wildman–Crippen LogP) is 5.23. The number of nitrogens with zero attached hydrogens (tertiary/aromatic N) is 1. The minimum atomic E-state index is 0. The molecule has 0 fully saturated rings. The molecule has 1 aromatic carbocycles. The molecule has 116 valence electrons. The van der Waals surface area contributed by atoms with Gasteiger partial charge in [0.25, 0.3) is 0 Å². The summed E-state index contributed by atoms with van der Waals surface area (Å²) in [6, 6.07) is 10.7. The molecule has 0 aliphatic carbocycles. The molecule has 0 saturated heterocycles. The van der Waals surface area contributed by atoms with Crippen molar-refractivity contribution < 1.29 is 19.5 Å². The van der Waals surface area contributed by atoms with Gasteiger partial charge in [-0.1, -0.05) is 51.5 Å². The van der Waals surface area contributed by atoms with Crippen molar-refractivity contribution >= 4 is 0 Å². The number of benzene rings is 1. The number of rotatable bonds is 8. The third-order valence-electron chi connectivity index (χ3n) is 3.11. The van der Waals surface area contributed by atoms with Crippen LogP contribution in [0.15, 0.2) is 30.3 Å². The number of unbranched alkanes of at least 4 members (excludes halogenated alkanes) is 2. The van der Waals surface area contributed by atoms with Crippen molar-refractivity contribution in [1.82, 2.24) is 4.90 Å². The third kappa shape index (κ3) is 14.4. The average molecular weight is 341 g/mol. The van der Waals surface area contributed by atoms with Gasteiger partial charge < -0.3 is 11.8 Å². The van der Waals surface area contributed by atoms with Crippen molar-refractivity contribution in [3.63, 3.8) is 0 Å². The summed E-state index contributed by atoms with van der Waals surface area (Å²) < 4.78 is 0. The molecule has 0 heterocycles. The minimum absolute atomic E-state index is 0. The summed E-state index contributed by atoms with van der Waals surface area (Å²) in [5.41, 5.74) is 1.35. The van der Waals surface area contributed by atoms with Crippen LogP contribution in [0.2, 0.25) is 0 Å². The zero-order valence-corrected chi connectivity index (χ0v) is 17.6. The van der Waals surface area contributed by atoms with Crippen LogP contribution in [0.3, 0.4) is 0 Å². The molecule has 1 rings (SSSR count). The summed E-state index contributed by atoms with van der Waals surface area (Å²) in [5.74, 6) is 0.678. The summed E-state index contributed by atoms with van der Waals surface area (Å²) in [5, 5.41) is 0. The fraction of sp³-hybridized carbons (Fsp3) is 0.579. The van der Waals surface area contributed by atoms with Crippen LogP contribution in [0, 0.1) is 19.3 Å². The van der Waals surface area contributed by atoms with Gasteiger partial charge in [-0.25, -0.2) is 0 Å². The molecule has 21 heavy (non-hydrogen) atoms. The number of hydrogen-bond acceptors (Lipinski definition) is 1. The molecular weight excluding hydrogens is 308 g/mol. The van der Waals surface area contributed by atoms with Crippen LogP contribution in [0.5, 0.6) is 0 Å². The monoisotopic (exact) mass is 339 g/mol. The Kier molecular flexibility index (Phi) is 17.5. The van der Waals surface area contributed by atoms with Gasteiger partial charge in [-0.2, -0.15) is 30.5 Å². The van der Waals surface area contributed by atoms with Crippen LogP contribution >= 0.6 is 0 Å². The summed E-state index contributed by atoms with van der Waals surface area (Å²) >= 11 is 0. The molecule has 1 aromatic rings. The summed E-state index contributed by atoms with van der Waals surface area (Å²) in [6.07, 6.45) is 8.59. The van der Waals surface area contributed by atoms with E-state index in [4.69, 9.17) is 0 Å². The fourth-order valence-corrected chi connectivity index (χ4v) is 2.00. The van der Waals surface area contributed by atoms with Gasteiger partial charge in [0.2, 0.25) is 0 Å². The fourth-order valence-electron chi connectivity index (χ4n) is 2.00. The van der Waals surface area contributed by atoms with Crippen molar-refractivity contribution in [1.29, 1.82) is 0 Å². The first-order valence-corrected chi connectivity index (χ1v) is 7.97. The quantitative estimate of drug-likeness (QED) is 0.463. The van der Waals surface area contributed by atoms with Gasteiger partial charge in [-0.05, 0) is 20.6 Å².